The first kappa shape index (κ1) is 16.1. The van der Waals surface area contributed by atoms with E-state index in [0.717, 1.165) is 18.7 Å². The van der Waals surface area contributed by atoms with Crippen LogP contribution < -0.4 is 5.73 Å². The molecule has 1 heterocycles. The first-order valence-corrected chi connectivity index (χ1v) is 6.83. The minimum absolute atomic E-state index is 0.0212. The fraction of sp³-hybridized carbons (Fsp3) is 0.667. The van der Waals surface area contributed by atoms with Gasteiger partial charge >= 0.3 is 0 Å². The van der Waals surface area contributed by atoms with Gasteiger partial charge in [-0.2, -0.15) is 0 Å². The van der Waals surface area contributed by atoms with Crippen molar-refractivity contribution in [3.63, 3.8) is 0 Å². The number of aromatic nitrogens is 1. The Kier molecular flexibility index (Phi) is 5.91. The van der Waals surface area contributed by atoms with Crippen molar-refractivity contribution in [2.75, 3.05) is 20.2 Å². The van der Waals surface area contributed by atoms with Crippen molar-refractivity contribution in [1.29, 1.82) is 0 Å². The van der Waals surface area contributed by atoms with Crippen LogP contribution in [-0.2, 0) is 6.42 Å². The van der Waals surface area contributed by atoms with Crippen molar-refractivity contribution in [2.45, 2.75) is 39.3 Å². The number of rotatable bonds is 6. The van der Waals surface area contributed by atoms with E-state index in [0.29, 0.717) is 0 Å². The van der Waals surface area contributed by atoms with Gasteiger partial charge in [0.25, 0.3) is 0 Å². The zero-order chi connectivity index (χ0) is 14.5. The fourth-order valence-corrected chi connectivity index (χ4v) is 2.11. The molecule has 1 aromatic rings. The molecule has 0 radical (unpaired) electrons. The number of hydrogen-bond acceptors (Lipinski definition) is 4. The average molecular weight is 265 g/mol. The van der Waals surface area contributed by atoms with Crippen LogP contribution in [0, 0.1) is 5.41 Å². The van der Waals surface area contributed by atoms with Gasteiger partial charge in [-0.3, -0.25) is 9.88 Å². The average Bonchev–Trinajstić information content (AvgIpc) is 2.37. The Morgan fingerprint density at radius 2 is 2.05 bits per heavy atom. The smallest absolute Gasteiger partial charge is 0.0602 e. The van der Waals surface area contributed by atoms with Gasteiger partial charge in [0.05, 0.1) is 6.61 Å². The van der Waals surface area contributed by atoms with Crippen molar-refractivity contribution < 1.29 is 5.11 Å². The highest BCUT2D eigenvalue weighted by Crippen LogP contribution is 2.22. The molecule has 0 bridgehead atoms. The van der Waals surface area contributed by atoms with E-state index in [1.165, 1.54) is 0 Å². The second-order valence-electron chi connectivity index (χ2n) is 6.19. The summed E-state index contributed by atoms with van der Waals surface area (Å²) in [6.45, 7) is 7.23. The monoisotopic (exact) mass is 265 g/mol. The molecular weight excluding hydrogens is 238 g/mol. The van der Waals surface area contributed by atoms with E-state index in [-0.39, 0.29) is 24.1 Å². The van der Waals surface area contributed by atoms with Gasteiger partial charge in [-0.1, -0.05) is 26.8 Å². The summed E-state index contributed by atoms with van der Waals surface area (Å²) in [4.78, 5) is 6.44. The summed E-state index contributed by atoms with van der Waals surface area (Å²) in [5.74, 6) is 0. The molecule has 1 rings (SSSR count). The molecule has 0 saturated heterocycles. The zero-order valence-electron chi connectivity index (χ0n) is 12.5. The van der Waals surface area contributed by atoms with Gasteiger partial charge in [-0.15, -0.1) is 0 Å². The van der Waals surface area contributed by atoms with Crippen molar-refractivity contribution in [3.05, 3.63) is 30.1 Å². The third-order valence-electron chi connectivity index (χ3n) is 3.61. The van der Waals surface area contributed by atoms with Crippen LogP contribution in [0.4, 0.5) is 0 Å². The van der Waals surface area contributed by atoms with Crippen molar-refractivity contribution in [2.24, 2.45) is 11.1 Å². The van der Waals surface area contributed by atoms with E-state index in [1.54, 1.807) is 6.20 Å². The van der Waals surface area contributed by atoms with Gasteiger partial charge in [0.2, 0.25) is 0 Å². The molecule has 108 valence electrons. The van der Waals surface area contributed by atoms with Crippen LogP contribution in [0.5, 0.6) is 0 Å². The lowest BCUT2D eigenvalue weighted by Crippen LogP contribution is -2.54. The summed E-state index contributed by atoms with van der Waals surface area (Å²) in [6, 6.07) is 5.84. The summed E-state index contributed by atoms with van der Waals surface area (Å²) < 4.78 is 0. The number of nitrogens with zero attached hydrogens (tertiary/aromatic N) is 2. The Labute approximate surface area is 116 Å². The van der Waals surface area contributed by atoms with Crippen molar-refractivity contribution in [3.8, 4) is 0 Å². The lowest BCUT2D eigenvalue weighted by molar-refractivity contribution is 0.0895. The van der Waals surface area contributed by atoms with Crippen LogP contribution in [0.1, 0.15) is 26.5 Å². The quantitative estimate of drug-likeness (QED) is 0.813. The predicted octanol–water partition coefficient (Wildman–Crippen LogP) is 1.29. The highest BCUT2D eigenvalue weighted by Gasteiger charge is 2.30. The second kappa shape index (κ2) is 6.98. The Hall–Kier alpha value is -0.970. The SMILES string of the molecule is CN(CCc1ccccn1)C(CO)C(N)C(C)(C)C. The highest BCUT2D eigenvalue weighted by atomic mass is 16.3. The molecule has 0 saturated carbocycles. The summed E-state index contributed by atoms with van der Waals surface area (Å²) in [6.07, 6.45) is 2.67. The molecule has 3 N–H and O–H groups in total. The van der Waals surface area contributed by atoms with Crippen LogP contribution in [-0.4, -0.2) is 47.3 Å². The normalized spacial score (nSPS) is 15.5. The minimum atomic E-state index is -0.0637. The molecule has 0 aliphatic rings. The van der Waals surface area contributed by atoms with Crippen LogP contribution >= 0.6 is 0 Å². The Morgan fingerprint density at radius 1 is 1.37 bits per heavy atom. The lowest BCUT2D eigenvalue weighted by atomic mass is 9.82. The van der Waals surface area contributed by atoms with E-state index in [4.69, 9.17) is 5.73 Å². The number of aliphatic hydroxyl groups is 1. The summed E-state index contributed by atoms with van der Waals surface area (Å²) in [5, 5.41) is 9.59. The maximum absolute atomic E-state index is 9.59. The first-order chi connectivity index (χ1) is 8.86. The van der Waals surface area contributed by atoms with Crippen LogP contribution in [0.15, 0.2) is 24.4 Å². The fourth-order valence-electron chi connectivity index (χ4n) is 2.11. The molecule has 19 heavy (non-hydrogen) atoms. The number of nitrogens with two attached hydrogens (primary N) is 1. The first-order valence-electron chi connectivity index (χ1n) is 6.83. The topological polar surface area (TPSA) is 62.4 Å². The van der Waals surface area contributed by atoms with Crippen LogP contribution in [0.25, 0.3) is 0 Å². The number of aliphatic hydroxyl groups excluding tert-OH is 1. The Bertz CT molecular complexity index is 361. The van der Waals surface area contributed by atoms with Crippen molar-refractivity contribution >= 4 is 0 Å². The van der Waals surface area contributed by atoms with Gasteiger partial charge < -0.3 is 10.8 Å². The predicted molar refractivity (Wildman–Crippen MR) is 78.9 cm³/mol. The van der Waals surface area contributed by atoms with E-state index in [1.807, 2.05) is 25.2 Å². The Morgan fingerprint density at radius 3 is 2.53 bits per heavy atom. The van der Waals surface area contributed by atoms with E-state index in [9.17, 15) is 5.11 Å². The third kappa shape index (κ3) is 4.90. The molecule has 2 unspecified atom stereocenters. The Balaban J connectivity index is 2.57. The zero-order valence-corrected chi connectivity index (χ0v) is 12.5. The molecule has 0 aliphatic heterocycles. The molecule has 4 heteroatoms. The maximum atomic E-state index is 9.59. The van der Waals surface area contributed by atoms with Gasteiger partial charge in [-0.25, -0.2) is 0 Å². The molecule has 0 spiro atoms. The molecule has 0 amide bonds. The molecule has 0 fully saturated rings. The molecular formula is C15H27N3O. The van der Waals surface area contributed by atoms with E-state index >= 15 is 0 Å². The number of hydrogen-bond donors (Lipinski definition) is 2. The minimum Gasteiger partial charge on any atom is -0.395 e. The third-order valence-corrected chi connectivity index (χ3v) is 3.61. The number of likely N-dealkylation sites (N-methyl/N-ethyl adjacent to an activating group) is 1. The van der Waals surface area contributed by atoms with Gasteiger partial charge in [0.15, 0.2) is 0 Å². The molecule has 1 aromatic heterocycles. The second-order valence-corrected chi connectivity index (χ2v) is 6.19. The lowest BCUT2D eigenvalue weighted by Gasteiger charge is -2.38. The van der Waals surface area contributed by atoms with Gasteiger partial charge in [-0.05, 0) is 24.6 Å². The number of pyridine rings is 1. The van der Waals surface area contributed by atoms with E-state index in [2.05, 4.69) is 30.7 Å². The maximum Gasteiger partial charge on any atom is 0.0602 e. The van der Waals surface area contributed by atoms with Gasteiger partial charge in [0, 0.05) is 36.9 Å². The summed E-state index contributed by atoms with van der Waals surface area (Å²) in [7, 11) is 2.01. The summed E-state index contributed by atoms with van der Waals surface area (Å²) in [5.41, 5.74) is 7.30. The summed E-state index contributed by atoms with van der Waals surface area (Å²) >= 11 is 0. The van der Waals surface area contributed by atoms with E-state index < -0.39 is 0 Å². The van der Waals surface area contributed by atoms with Crippen LogP contribution in [0.2, 0.25) is 0 Å². The van der Waals surface area contributed by atoms with Gasteiger partial charge in [0.1, 0.15) is 0 Å². The molecule has 0 aliphatic carbocycles. The molecule has 2 atom stereocenters. The highest BCUT2D eigenvalue weighted by molar-refractivity contribution is 5.04. The molecule has 0 aromatic carbocycles. The van der Waals surface area contributed by atoms with Crippen LogP contribution in [0.3, 0.4) is 0 Å². The standard InChI is InChI=1S/C15H27N3O/c1-15(2,3)14(16)13(11-19)18(4)10-8-12-7-5-6-9-17-12/h5-7,9,13-14,19H,8,10-11,16H2,1-4H3. The molecule has 4 nitrogen and oxygen atoms in total. The largest absolute Gasteiger partial charge is 0.395 e. The van der Waals surface area contributed by atoms with Crippen molar-refractivity contribution in [1.82, 2.24) is 9.88 Å².